The standard InChI is InChI=1S/C15H19ClO2/c1-11-14(10-12-6-2-3-7-13(12)16)18-15(17-11)8-4-5-9-15/h2-3,6-7,11,14H,4-5,8-10H2,1H3/t11-,14-/m1/s1. The van der Waals surface area contributed by atoms with Crippen LogP contribution in [0.3, 0.4) is 0 Å². The molecule has 0 bridgehead atoms. The van der Waals surface area contributed by atoms with Gasteiger partial charge in [0.05, 0.1) is 12.2 Å². The molecule has 1 aromatic carbocycles. The average molecular weight is 267 g/mol. The number of halogens is 1. The molecule has 1 saturated carbocycles. The van der Waals surface area contributed by atoms with E-state index in [0.29, 0.717) is 0 Å². The van der Waals surface area contributed by atoms with E-state index in [1.807, 2.05) is 18.2 Å². The third kappa shape index (κ3) is 2.29. The predicted octanol–water partition coefficient (Wildman–Crippen LogP) is 3.96. The van der Waals surface area contributed by atoms with Crippen LogP contribution in [0.15, 0.2) is 24.3 Å². The summed E-state index contributed by atoms with van der Waals surface area (Å²) in [5.74, 6) is -0.286. The molecular weight excluding hydrogens is 248 g/mol. The molecule has 1 aliphatic carbocycles. The van der Waals surface area contributed by atoms with Crippen LogP contribution < -0.4 is 0 Å². The molecule has 0 amide bonds. The van der Waals surface area contributed by atoms with Crippen LogP contribution in [0.4, 0.5) is 0 Å². The van der Waals surface area contributed by atoms with Crippen LogP contribution >= 0.6 is 11.6 Å². The summed E-state index contributed by atoms with van der Waals surface area (Å²) in [6.07, 6.45) is 5.62. The van der Waals surface area contributed by atoms with Crippen molar-refractivity contribution in [2.24, 2.45) is 0 Å². The van der Waals surface area contributed by atoms with Gasteiger partial charge in [0.1, 0.15) is 0 Å². The number of rotatable bonds is 2. The van der Waals surface area contributed by atoms with Crippen LogP contribution in [0.1, 0.15) is 38.2 Å². The summed E-state index contributed by atoms with van der Waals surface area (Å²) in [6.45, 7) is 2.11. The average Bonchev–Trinajstić information content (AvgIpc) is 2.91. The molecule has 0 N–H and O–H groups in total. The molecule has 2 aliphatic rings. The van der Waals surface area contributed by atoms with E-state index in [0.717, 1.165) is 29.8 Å². The Morgan fingerprint density at radius 1 is 1.22 bits per heavy atom. The van der Waals surface area contributed by atoms with Crippen molar-refractivity contribution in [2.45, 2.75) is 57.0 Å². The molecule has 18 heavy (non-hydrogen) atoms. The highest BCUT2D eigenvalue weighted by Crippen LogP contribution is 2.42. The van der Waals surface area contributed by atoms with Gasteiger partial charge in [-0.1, -0.05) is 29.8 Å². The van der Waals surface area contributed by atoms with Crippen molar-refractivity contribution in [1.29, 1.82) is 0 Å². The SMILES string of the molecule is C[C@H]1OC2(CCCC2)O[C@@H]1Cc1ccccc1Cl. The molecule has 0 aromatic heterocycles. The normalized spacial score (nSPS) is 30.1. The first-order valence-corrected chi connectivity index (χ1v) is 7.15. The summed E-state index contributed by atoms with van der Waals surface area (Å²) in [5.41, 5.74) is 1.15. The van der Waals surface area contributed by atoms with Gasteiger partial charge in [-0.05, 0) is 31.4 Å². The molecule has 2 fully saturated rings. The van der Waals surface area contributed by atoms with Crippen molar-refractivity contribution >= 4 is 11.6 Å². The van der Waals surface area contributed by atoms with Gasteiger partial charge in [0, 0.05) is 24.3 Å². The molecule has 0 unspecified atom stereocenters. The molecule has 1 spiro atoms. The van der Waals surface area contributed by atoms with Crippen molar-refractivity contribution in [3.05, 3.63) is 34.9 Å². The fourth-order valence-electron chi connectivity index (χ4n) is 3.05. The summed E-state index contributed by atoms with van der Waals surface area (Å²) in [4.78, 5) is 0. The number of hydrogen-bond acceptors (Lipinski definition) is 2. The van der Waals surface area contributed by atoms with Crippen LogP contribution in [0, 0.1) is 0 Å². The smallest absolute Gasteiger partial charge is 0.169 e. The highest BCUT2D eigenvalue weighted by Gasteiger charge is 2.47. The first-order chi connectivity index (χ1) is 8.69. The molecule has 1 heterocycles. The molecule has 98 valence electrons. The minimum Gasteiger partial charge on any atom is -0.344 e. The molecule has 1 saturated heterocycles. The summed E-state index contributed by atoms with van der Waals surface area (Å²) >= 11 is 6.21. The highest BCUT2D eigenvalue weighted by atomic mass is 35.5. The number of hydrogen-bond donors (Lipinski definition) is 0. The van der Waals surface area contributed by atoms with E-state index < -0.39 is 0 Å². The van der Waals surface area contributed by atoms with Crippen LogP contribution in [-0.4, -0.2) is 18.0 Å². The van der Waals surface area contributed by atoms with Gasteiger partial charge >= 0.3 is 0 Å². The Balaban J connectivity index is 1.72. The van der Waals surface area contributed by atoms with E-state index >= 15 is 0 Å². The Morgan fingerprint density at radius 3 is 2.67 bits per heavy atom. The Kier molecular flexibility index (Phi) is 3.35. The van der Waals surface area contributed by atoms with Gasteiger partial charge in [-0.25, -0.2) is 0 Å². The van der Waals surface area contributed by atoms with Gasteiger partial charge < -0.3 is 9.47 Å². The molecular formula is C15H19ClO2. The summed E-state index contributed by atoms with van der Waals surface area (Å²) < 4.78 is 12.3. The molecule has 3 heteroatoms. The van der Waals surface area contributed by atoms with Crippen molar-refractivity contribution in [3.8, 4) is 0 Å². The lowest BCUT2D eigenvalue weighted by Crippen LogP contribution is -2.27. The lowest BCUT2D eigenvalue weighted by Gasteiger charge is -2.22. The van der Waals surface area contributed by atoms with Crippen LogP contribution in [-0.2, 0) is 15.9 Å². The van der Waals surface area contributed by atoms with E-state index in [1.165, 1.54) is 12.8 Å². The van der Waals surface area contributed by atoms with Crippen molar-refractivity contribution in [3.63, 3.8) is 0 Å². The molecule has 2 nitrogen and oxygen atoms in total. The zero-order chi connectivity index (χ0) is 12.6. The second kappa shape index (κ2) is 4.84. The maximum atomic E-state index is 6.21. The molecule has 2 atom stereocenters. The van der Waals surface area contributed by atoms with Gasteiger partial charge in [0.15, 0.2) is 5.79 Å². The minimum absolute atomic E-state index is 0.128. The van der Waals surface area contributed by atoms with Crippen LogP contribution in [0.2, 0.25) is 5.02 Å². The zero-order valence-corrected chi connectivity index (χ0v) is 11.5. The third-order valence-corrected chi connectivity index (χ3v) is 4.40. The second-order valence-corrected chi connectivity index (χ2v) is 5.80. The first kappa shape index (κ1) is 12.5. The largest absolute Gasteiger partial charge is 0.344 e. The topological polar surface area (TPSA) is 18.5 Å². The summed E-state index contributed by atoms with van der Waals surface area (Å²) in [6, 6.07) is 7.98. The molecule has 1 aliphatic heterocycles. The highest BCUT2D eigenvalue weighted by molar-refractivity contribution is 6.31. The monoisotopic (exact) mass is 266 g/mol. The third-order valence-electron chi connectivity index (χ3n) is 4.03. The minimum atomic E-state index is -0.286. The van der Waals surface area contributed by atoms with Gasteiger partial charge in [-0.15, -0.1) is 0 Å². The summed E-state index contributed by atoms with van der Waals surface area (Å²) in [5, 5.41) is 0.820. The van der Waals surface area contributed by atoms with E-state index in [9.17, 15) is 0 Å². The fourth-order valence-corrected chi connectivity index (χ4v) is 3.26. The Morgan fingerprint density at radius 2 is 1.94 bits per heavy atom. The van der Waals surface area contributed by atoms with Crippen molar-refractivity contribution in [1.82, 2.24) is 0 Å². The molecule has 1 aromatic rings. The first-order valence-electron chi connectivity index (χ1n) is 6.78. The Bertz CT molecular complexity index is 426. The lowest BCUT2D eigenvalue weighted by molar-refractivity contribution is -0.167. The predicted molar refractivity (Wildman–Crippen MR) is 71.8 cm³/mol. The van der Waals surface area contributed by atoms with Gasteiger partial charge in [-0.3, -0.25) is 0 Å². The van der Waals surface area contributed by atoms with E-state index in [2.05, 4.69) is 13.0 Å². The van der Waals surface area contributed by atoms with Crippen molar-refractivity contribution in [2.75, 3.05) is 0 Å². The van der Waals surface area contributed by atoms with E-state index in [4.69, 9.17) is 21.1 Å². The molecule has 0 radical (unpaired) electrons. The van der Waals surface area contributed by atoms with Gasteiger partial charge in [0.25, 0.3) is 0 Å². The zero-order valence-electron chi connectivity index (χ0n) is 10.7. The second-order valence-electron chi connectivity index (χ2n) is 5.39. The van der Waals surface area contributed by atoms with E-state index in [1.54, 1.807) is 0 Å². The number of ether oxygens (including phenoxy) is 2. The van der Waals surface area contributed by atoms with E-state index in [-0.39, 0.29) is 18.0 Å². The lowest BCUT2D eigenvalue weighted by atomic mass is 10.0. The number of benzene rings is 1. The Hall–Kier alpha value is -0.570. The molecule has 3 rings (SSSR count). The Labute approximate surface area is 113 Å². The summed E-state index contributed by atoms with van der Waals surface area (Å²) in [7, 11) is 0. The maximum absolute atomic E-state index is 6.21. The van der Waals surface area contributed by atoms with Gasteiger partial charge in [-0.2, -0.15) is 0 Å². The van der Waals surface area contributed by atoms with Crippen molar-refractivity contribution < 1.29 is 9.47 Å². The van der Waals surface area contributed by atoms with Crippen LogP contribution in [0.25, 0.3) is 0 Å². The maximum Gasteiger partial charge on any atom is 0.169 e. The van der Waals surface area contributed by atoms with Gasteiger partial charge in [0.2, 0.25) is 0 Å². The quantitative estimate of drug-likeness (QED) is 0.807. The fraction of sp³-hybridized carbons (Fsp3) is 0.600. The van der Waals surface area contributed by atoms with Crippen LogP contribution in [0.5, 0.6) is 0 Å².